The predicted molar refractivity (Wildman–Crippen MR) is 37.4 cm³/mol. The summed E-state index contributed by atoms with van der Waals surface area (Å²) in [7, 11) is 0. The molecule has 0 bridgehead atoms. The van der Waals surface area contributed by atoms with Gasteiger partial charge in [-0.2, -0.15) is 11.8 Å². The molecule has 4 nitrogen and oxygen atoms in total. The minimum absolute atomic E-state index is 0.495. The maximum absolute atomic E-state index is 10.0. The number of aldehydes is 1. The maximum atomic E-state index is 10.0. The molecule has 0 amide bonds. The molecule has 0 aromatic carbocycles. The van der Waals surface area contributed by atoms with Crippen molar-refractivity contribution in [3.05, 3.63) is 10.4 Å². The summed E-state index contributed by atoms with van der Waals surface area (Å²) in [5.41, 5.74) is 7.88. The van der Waals surface area contributed by atoms with Crippen molar-refractivity contribution in [3.63, 3.8) is 0 Å². The minimum atomic E-state index is -0.495. The normalized spacial score (nSPS) is 11.7. The van der Waals surface area contributed by atoms with Gasteiger partial charge in [-0.05, 0) is 11.8 Å². The van der Waals surface area contributed by atoms with Crippen LogP contribution in [-0.2, 0) is 4.79 Å². The van der Waals surface area contributed by atoms with Crippen molar-refractivity contribution in [2.75, 3.05) is 12.0 Å². The van der Waals surface area contributed by atoms with Gasteiger partial charge in [0.05, 0.1) is 0 Å². The van der Waals surface area contributed by atoms with Crippen LogP contribution >= 0.6 is 11.8 Å². The summed E-state index contributed by atoms with van der Waals surface area (Å²) in [6, 6.07) is -0.495. The predicted octanol–water partition coefficient (Wildman–Crippen LogP) is 1.23. The summed E-state index contributed by atoms with van der Waals surface area (Å²) in [5.74, 6) is 0.563. The van der Waals surface area contributed by atoms with Gasteiger partial charge in [-0.25, -0.2) is 0 Å². The first-order valence-electron chi connectivity index (χ1n) is 2.33. The number of rotatable bonds is 4. The number of nitrogens with zero attached hydrogens (tertiary/aromatic N) is 3. The van der Waals surface area contributed by atoms with Crippen LogP contribution in [-0.4, -0.2) is 24.3 Å². The number of azide groups is 1. The lowest BCUT2D eigenvalue weighted by Gasteiger charge is -1.95. The van der Waals surface area contributed by atoms with Crippen molar-refractivity contribution >= 4 is 18.0 Å². The molecule has 0 aliphatic carbocycles. The Morgan fingerprint density at radius 2 is 2.67 bits per heavy atom. The Morgan fingerprint density at radius 3 is 3.00 bits per heavy atom. The van der Waals surface area contributed by atoms with Crippen molar-refractivity contribution in [2.24, 2.45) is 5.11 Å². The van der Waals surface area contributed by atoms with Crippen LogP contribution in [0.3, 0.4) is 0 Å². The highest BCUT2D eigenvalue weighted by Gasteiger charge is 2.00. The molecular weight excluding hydrogens is 138 g/mol. The van der Waals surface area contributed by atoms with Crippen LogP contribution in [0.4, 0.5) is 0 Å². The largest absolute Gasteiger partial charge is 0.303 e. The lowest BCUT2D eigenvalue weighted by atomic mass is 10.4. The molecule has 0 heterocycles. The van der Waals surface area contributed by atoms with Gasteiger partial charge in [0.2, 0.25) is 0 Å². The summed E-state index contributed by atoms with van der Waals surface area (Å²) in [5, 5.41) is 3.22. The average Bonchev–Trinajstić information content (AvgIpc) is 1.88. The lowest BCUT2D eigenvalue weighted by molar-refractivity contribution is -0.108. The zero-order chi connectivity index (χ0) is 7.11. The molecule has 50 valence electrons. The van der Waals surface area contributed by atoms with Crippen LogP contribution in [0.25, 0.3) is 10.4 Å². The Bertz CT molecular complexity index is 132. The molecule has 0 N–H and O–H groups in total. The first kappa shape index (κ1) is 8.33. The summed E-state index contributed by atoms with van der Waals surface area (Å²) in [4.78, 5) is 12.5. The van der Waals surface area contributed by atoms with E-state index in [1.165, 1.54) is 11.8 Å². The molecule has 0 radical (unpaired) electrons. The van der Waals surface area contributed by atoms with Gasteiger partial charge in [-0.1, -0.05) is 5.11 Å². The smallest absolute Gasteiger partial charge is 0.129 e. The van der Waals surface area contributed by atoms with E-state index in [9.17, 15) is 4.79 Å². The highest BCUT2D eigenvalue weighted by molar-refractivity contribution is 7.98. The van der Waals surface area contributed by atoms with Crippen molar-refractivity contribution in [2.45, 2.75) is 6.04 Å². The Hall–Kier alpha value is -0.670. The van der Waals surface area contributed by atoms with Crippen LogP contribution in [0.5, 0.6) is 0 Å². The van der Waals surface area contributed by atoms with Gasteiger partial charge in [0.1, 0.15) is 12.3 Å². The molecule has 1 atom stereocenters. The summed E-state index contributed by atoms with van der Waals surface area (Å²) >= 11 is 1.48. The fraction of sp³-hybridized carbons (Fsp3) is 0.750. The van der Waals surface area contributed by atoms with Gasteiger partial charge in [0.15, 0.2) is 0 Å². The molecule has 0 saturated carbocycles. The topological polar surface area (TPSA) is 65.8 Å². The Labute approximate surface area is 57.3 Å². The van der Waals surface area contributed by atoms with Gasteiger partial charge < -0.3 is 4.79 Å². The molecule has 0 aromatic heterocycles. The third-order valence-electron chi connectivity index (χ3n) is 0.694. The Balaban J connectivity index is 3.67. The first-order valence-corrected chi connectivity index (χ1v) is 3.73. The van der Waals surface area contributed by atoms with E-state index in [1.54, 1.807) is 0 Å². The van der Waals surface area contributed by atoms with Gasteiger partial charge >= 0.3 is 0 Å². The molecule has 0 fully saturated rings. The fourth-order valence-electron chi connectivity index (χ4n) is 0.337. The Morgan fingerprint density at radius 1 is 2.00 bits per heavy atom. The number of hydrogen-bond acceptors (Lipinski definition) is 3. The third kappa shape index (κ3) is 3.88. The van der Waals surface area contributed by atoms with Crippen molar-refractivity contribution in [1.29, 1.82) is 0 Å². The maximum Gasteiger partial charge on any atom is 0.129 e. The molecule has 0 aromatic rings. The minimum Gasteiger partial charge on any atom is -0.303 e. The highest BCUT2D eigenvalue weighted by Crippen LogP contribution is 1.98. The van der Waals surface area contributed by atoms with E-state index in [4.69, 9.17) is 5.53 Å². The van der Waals surface area contributed by atoms with Crippen LogP contribution in [0.1, 0.15) is 0 Å². The van der Waals surface area contributed by atoms with Crippen molar-refractivity contribution in [1.82, 2.24) is 0 Å². The highest BCUT2D eigenvalue weighted by atomic mass is 32.2. The molecule has 0 spiro atoms. The van der Waals surface area contributed by atoms with Crippen LogP contribution in [0.15, 0.2) is 5.11 Å². The van der Waals surface area contributed by atoms with E-state index >= 15 is 0 Å². The second kappa shape index (κ2) is 5.47. The molecule has 0 saturated heterocycles. The molecular formula is C4H7N3OS. The first-order chi connectivity index (χ1) is 4.35. The monoisotopic (exact) mass is 145 g/mol. The van der Waals surface area contributed by atoms with Gasteiger partial charge in [-0.15, -0.1) is 0 Å². The molecule has 0 aliphatic heterocycles. The number of carbonyl (C=O) groups excluding carboxylic acids is 1. The SMILES string of the molecule is CSCC(C=O)N=[N+]=[N-]. The Kier molecular flexibility index (Phi) is 5.06. The molecule has 0 rings (SSSR count). The third-order valence-corrected chi connectivity index (χ3v) is 1.37. The molecule has 1 unspecified atom stereocenters. The second-order valence-electron chi connectivity index (χ2n) is 1.36. The van der Waals surface area contributed by atoms with Gasteiger partial charge in [0, 0.05) is 10.7 Å². The number of thioether (sulfide) groups is 1. The summed E-state index contributed by atoms with van der Waals surface area (Å²) in [6.45, 7) is 0. The van der Waals surface area contributed by atoms with Crippen molar-refractivity contribution < 1.29 is 4.79 Å². The zero-order valence-electron chi connectivity index (χ0n) is 5.02. The van der Waals surface area contributed by atoms with E-state index in [-0.39, 0.29) is 0 Å². The average molecular weight is 145 g/mol. The second-order valence-corrected chi connectivity index (χ2v) is 2.27. The standard InChI is InChI=1S/C4H7N3OS/c1-9-3-4(2-8)6-7-5/h2,4H,3H2,1H3. The van der Waals surface area contributed by atoms with Crippen LogP contribution in [0, 0.1) is 0 Å². The zero-order valence-corrected chi connectivity index (χ0v) is 5.84. The number of hydrogen-bond donors (Lipinski definition) is 0. The fourth-order valence-corrected chi connectivity index (χ4v) is 0.824. The molecule has 5 heteroatoms. The van der Waals surface area contributed by atoms with Gasteiger partial charge in [-0.3, -0.25) is 0 Å². The van der Waals surface area contributed by atoms with Gasteiger partial charge in [0.25, 0.3) is 0 Å². The molecule has 0 aliphatic rings. The lowest BCUT2D eigenvalue weighted by Crippen LogP contribution is -2.07. The van der Waals surface area contributed by atoms with E-state index in [2.05, 4.69) is 10.0 Å². The number of carbonyl (C=O) groups is 1. The van der Waals surface area contributed by atoms with E-state index in [0.717, 1.165) is 0 Å². The van der Waals surface area contributed by atoms with E-state index in [0.29, 0.717) is 12.0 Å². The summed E-state index contributed by atoms with van der Waals surface area (Å²) in [6.07, 6.45) is 2.50. The summed E-state index contributed by atoms with van der Waals surface area (Å²) < 4.78 is 0. The molecule has 9 heavy (non-hydrogen) atoms. The van der Waals surface area contributed by atoms with E-state index < -0.39 is 6.04 Å². The van der Waals surface area contributed by atoms with Crippen molar-refractivity contribution in [3.8, 4) is 0 Å². The quantitative estimate of drug-likeness (QED) is 0.258. The van der Waals surface area contributed by atoms with Crippen LogP contribution in [0.2, 0.25) is 0 Å². The van der Waals surface area contributed by atoms with Crippen LogP contribution < -0.4 is 0 Å². The van der Waals surface area contributed by atoms with E-state index in [1.807, 2.05) is 6.26 Å².